The molecule has 0 fully saturated rings. The van der Waals surface area contributed by atoms with Gasteiger partial charge in [-0.25, -0.2) is 4.98 Å². The highest BCUT2D eigenvalue weighted by molar-refractivity contribution is 6.09. The fourth-order valence-electron chi connectivity index (χ4n) is 5.20. The van der Waals surface area contributed by atoms with Gasteiger partial charge in [-0.15, -0.1) is 0 Å². The van der Waals surface area contributed by atoms with Gasteiger partial charge < -0.3 is 4.42 Å². The maximum Gasteiger partial charge on any atom is 0.160 e. The highest BCUT2D eigenvalue weighted by atomic mass is 16.3. The van der Waals surface area contributed by atoms with Crippen LogP contribution >= 0.6 is 0 Å². The molecule has 37 heavy (non-hydrogen) atoms. The van der Waals surface area contributed by atoms with E-state index in [0.29, 0.717) is 0 Å². The number of hydrogen-bond donors (Lipinski definition) is 0. The first-order chi connectivity index (χ1) is 18.2. The molecule has 3 nitrogen and oxygen atoms in total. The van der Waals surface area contributed by atoms with Gasteiger partial charge in [-0.2, -0.15) is 0 Å². The normalized spacial score (nSPS) is 11.5. The zero-order valence-electron chi connectivity index (χ0n) is 20.5. The van der Waals surface area contributed by atoms with E-state index in [4.69, 9.17) is 14.4 Å². The number of furan rings is 1. The number of benzene rings is 4. The molecule has 3 heterocycles. The van der Waals surface area contributed by atoms with Crippen molar-refractivity contribution < 1.29 is 4.42 Å². The van der Waals surface area contributed by atoms with E-state index in [-0.39, 0.29) is 0 Å². The van der Waals surface area contributed by atoms with E-state index in [1.165, 1.54) is 33.0 Å². The van der Waals surface area contributed by atoms with Gasteiger partial charge in [0.25, 0.3) is 0 Å². The maximum absolute atomic E-state index is 5.76. The van der Waals surface area contributed by atoms with Gasteiger partial charge in [0.1, 0.15) is 5.52 Å². The lowest BCUT2D eigenvalue weighted by Gasteiger charge is -2.10. The summed E-state index contributed by atoms with van der Waals surface area (Å²) in [6.07, 6.45) is 4.48. The predicted octanol–water partition coefficient (Wildman–Crippen LogP) is 8.76. The summed E-state index contributed by atoms with van der Waals surface area (Å²) in [5, 5.41) is 4.60. The zero-order chi connectivity index (χ0) is 24.8. The van der Waals surface area contributed by atoms with E-state index in [2.05, 4.69) is 91.0 Å². The van der Waals surface area contributed by atoms with Crippen molar-refractivity contribution >= 4 is 32.6 Å². The Labute approximate surface area is 215 Å². The molecular formula is C34H24N2O. The number of aryl methyl sites for hydroxylation is 1. The largest absolute Gasteiger partial charge is 0.462 e. The van der Waals surface area contributed by atoms with E-state index >= 15 is 0 Å². The molecule has 0 aliphatic rings. The van der Waals surface area contributed by atoms with Crippen LogP contribution in [0.4, 0.5) is 0 Å². The molecule has 3 heteroatoms. The number of nitrogens with zero attached hydrogens (tertiary/aromatic N) is 2. The maximum atomic E-state index is 5.76. The van der Waals surface area contributed by atoms with Crippen molar-refractivity contribution in [2.75, 3.05) is 0 Å². The summed E-state index contributed by atoms with van der Waals surface area (Å²) in [6, 6.07) is 36.6. The smallest absolute Gasteiger partial charge is 0.160 e. The summed E-state index contributed by atoms with van der Waals surface area (Å²) in [5.41, 5.74) is 9.69. The first kappa shape index (κ1) is 21.5. The minimum Gasteiger partial charge on any atom is -0.462 e. The van der Waals surface area contributed by atoms with Gasteiger partial charge in [-0.05, 0) is 82.8 Å². The Kier molecular flexibility index (Phi) is 5.07. The average Bonchev–Trinajstić information content (AvgIpc) is 3.42. The Morgan fingerprint density at radius 3 is 2.43 bits per heavy atom. The Balaban J connectivity index is 1.24. The molecule has 0 spiro atoms. The molecule has 0 aliphatic heterocycles. The van der Waals surface area contributed by atoms with Gasteiger partial charge in [0.05, 0.1) is 12.0 Å². The van der Waals surface area contributed by atoms with Gasteiger partial charge in [0, 0.05) is 28.2 Å². The molecule has 3 aromatic heterocycles. The van der Waals surface area contributed by atoms with Crippen LogP contribution in [0.15, 0.2) is 120 Å². The Bertz CT molecular complexity index is 1920. The quantitative estimate of drug-likeness (QED) is 0.255. The summed E-state index contributed by atoms with van der Waals surface area (Å²) in [6.45, 7) is 2.01. The first-order valence-electron chi connectivity index (χ1n) is 12.5. The molecule has 0 bridgehead atoms. The molecule has 0 amide bonds. The third kappa shape index (κ3) is 3.95. The molecule has 0 atom stereocenters. The zero-order valence-corrected chi connectivity index (χ0v) is 20.5. The van der Waals surface area contributed by atoms with E-state index in [0.717, 1.165) is 45.2 Å². The van der Waals surface area contributed by atoms with Crippen molar-refractivity contribution in [1.29, 1.82) is 0 Å². The second-order valence-corrected chi connectivity index (χ2v) is 9.60. The predicted molar refractivity (Wildman–Crippen MR) is 152 cm³/mol. The Morgan fingerprint density at radius 2 is 1.51 bits per heavy atom. The minimum absolute atomic E-state index is 0.824. The second kappa shape index (κ2) is 8.72. The van der Waals surface area contributed by atoms with Crippen LogP contribution in [0.2, 0.25) is 0 Å². The van der Waals surface area contributed by atoms with E-state index < -0.39 is 0 Å². The Morgan fingerprint density at radius 1 is 0.676 bits per heavy atom. The van der Waals surface area contributed by atoms with Crippen molar-refractivity contribution in [3.05, 3.63) is 132 Å². The Hall–Kier alpha value is -4.76. The molecule has 176 valence electrons. The van der Waals surface area contributed by atoms with Crippen LogP contribution < -0.4 is 0 Å². The second-order valence-electron chi connectivity index (χ2n) is 9.60. The van der Waals surface area contributed by atoms with Gasteiger partial charge in [0.15, 0.2) is 5.58 Å². The highest BCUT2D eigenvalue weighted by Gasteiger charge is 2.13. The SMILES string of the molecule is Cc1ccc2c(-c3cc(Cc4ccc5cc(-c6ccccc6)ccc5c4)ccn3)cc3ccoc3c2n1. The fourth-order valence-corrected chi connectivity index (χ4v) is 5.20. The van der Waals surface area contributed by atoms with Crippen LogP contribution in [0.3, 0.4) is 0 Å². The van der Waals surface area contributed by atoms with Crippen molar-refractivity contribution in [3.8, 4) is 22.4 Å². The van der Waals surface area contributed by atoms with Gasteiger partial charge in [-0.1, -0.05) is 66.7 Å². The van der Waals surface area contributed by atoms with Crippen LogP contribution in [0.5, 0.6) is 0 Å². The van der Waals surface area contributed by atoms with Crippen LogP contribution in [-0.4, -0.2) is 9.97 Å². The molecule has 0 radical (unpaired) electrons. The van der Waals surface area contributed by atoms with E-state index in [1.807, 2.05) is 25.3 Å². The number of hydrogen-bond acceptors (Lipinski definition) is 3. The minimum atomic E-state index is 0.824. The topological polar surface area (TPSA) is 38.9 Å². The van der Waals surface area contributed by atoms with Crippen LogP contribution in [-0.2, 0) is 6.42 Å². The molecule has 0 N–H and O–H groups in total. The summed E-state index contributed by atoms with van der Waals surface area (Å²) < 4.78 is 5.76. The first-order valence-corrected chi connectivity index (χ1v) is 12.5. The standard InChI is InChI=1S/C34H24N2O/c1-22-7-12-30-31(21-29-14-16-37-34(29)33(30)36-22)32-19-24(13-15-35-32)17-23-8-9-28-20-27(11-10-26(28)18-23)25-5-3-2-4-6-25/h2-16,18-21H,17H2,1H3. The third-order valence-electron chi connectivity index (χ3n) is 7.06. The molecule has 0 saturated carbocycles. The molecule has 0 unspecified atom stereocenters. The molecule has 0 aliphatic carbocycles. The van der Waals surface area contributed by atoms with E-state index in [1.54, 1.807) is 6.26 Å². The molecule has 7 rings (SSSR count). The van der Waals surface area contributed by atoms with Crippen LogP contribution in [0, 0.1) is 6.92 Å². The van der Waals surface area contributed by atoms with Crippen molar-refractivity contribution in [1.82, 2.24) is 9.97 Å². The average molecular weight is 477 g/mol. The fraction of sp³-hybridized carbons (Fsp3) is 0.0588. The highest BCUT2D eigenvalue weighted by Crippen LogP contribution is 2.34. The monoisotopic (exact) mass is 476 g/mol. The van der Waals surface area contributed by atoms with Crippen LogP contribution in [0.25, 0.3) is 55.0 Å². The lowest BCUT2D eigenvalue weighted by molar-refractivity contribution is 0.618. The number of rotatable bonds is 4. The molecular weight excluding hydrogens is 452 g/mol. The van der Waals surface area contributed by atoms with E-state index in [9.17, 15) is 0 Å². The summed E-state index contributed by atoms with van der Waals surface area (Å²) in [4.78, 5) is 9.53. The number of aromatic nitrogens is 2. The third-order valence-corrected chi connectivity index (χ3v) is 7.06. The molecule has 7 aromatic rings. The van der Waals surface area contributed by atoms with Gasteiger partial charge in [-0.3, -0.25) is 4.98 Å². The summed E-state index contributed by atoms with van der Waals surface area (Å²) in [7, 11) is 0. The van der Waals surface area contributed by atoms with Crippen molar-refractivity contribution in [3.63, 3.8) is 0 Å². The number of fused-ring (bicyclic) bond motifs is 4. The lowest BCUT2D eigenvalue weighted by atomic mass is 9.97. The molecule has 4 aromatic carbocycles. The van der Waals surface area contributed by atoms with Gasteiger partial charge in [0.2, 0.25) is 0 Å². The summed E-state index contributed by atoms with van der Waals surface area (Å²) in [5.74, 6) is 0. The van der Waals surface area contributed by atoms with Gasteiger partial charge >= 0.3 is 0 Å². The summed E-state index contributed by atoms with van der Waals surface area (Å²) >= 11 is 0. The number of pyridine rings is 2. The molecule has 0 saturated heterocycles. The van der Waals surface area contributed by atoms with Crippen molar-refractivity contribution in [2.24, 2.45) is 0 Å². The lowest BCUT2D eigenvalue weighted by Crippen LogP contribution is -1.93. The van der Waals surface area contributed by atoms with Crippen molar-refractivity contribution in [2.45, 2.75) is 13.3 Å². The van der Waals surface area contributed by atoms with Crippen LogP contribution in [0.1, 0.15) is 16.8 Å².